The number of rotatable bonds is 7. The predicted octanol–water partition coefficient (Wildman–Crippen LogP) is 2.24. The minimum atomic E-state index is 0.557. The second kappa shape index (κ2) is 7.26. The van der Waals surface area contributed by atoms with Crippen molar-refractivity contribution in [1.29, 1.82) is 0 Å². The van der Waals surface area contributed by atoms with Crippen LogP contribution in [0.25, 0.3) is 0 Å². The third-order valence-corrected chi connectivity index (χ3v) is 1.79. The van der Waals surface area contributed by atoms with Crippen molar-refractivity contribution in [3.8, 4) is 5.75 Å². The molecule has 0 unspecified atom stereocenters. The van der Waals surface area contributed by atoms with E-state index < -0.39 is 0 Å². The first-order valence-electron chi connectivity index (χ1n) is 5.31. The molecule has 3 heteroatoms. The maximum Gasteiger partial charge on any atom is 0.119 e. The summed E-state index contributed by atoms with van der Waals surface area (Å²) in [5.41, 5.74) is 2.89. The summed E-state index contributed by atoms with van der Waals surface area (Å²) < 4.78 is 5.45. The Kier molecular flexibility index (Phi) is 5.81. The molecular weight excluding hydrogens is 190 g/mol. The predicted molar refractivity (Wildman–Crippen MR) is 60.7 cm³/mol. The normalized spacial score (nSPS) is 10.6. The molecule has 0 spiro atoms. The van der Waals surface area contributed by atoms with Gasteiger partial charge in [0.2, 0.25) is 0 Å². The topological polar surface area (TPSA) is 30.5 Å². The van der Waals surface area contributed by atoms with Crippen LogP contribution in [0.1, 0.15) is 13.8 Å². The first-order chi connectivity index (χ1) is 7.29. The SMILES string of the molecule is CC(C)CNOCCOc1ccccc1. The molecule has 0 aliphatic carbocycles. The highest BCUT2D eigenvalue weighted by Gasteiger charge is 1.94. The first-order valence-corrected chi connectivity index (χ1v) is 5.31. The van der Waals surface area contributed by atoms with E-state index in [0.717, 1.165) is 12.3 Å². The molecule has 0 aliphatic heterocycles. The zero-order chi connectivity index (χ0) is 10.9. The van der Waals surface area contributed by atoms with Crippen LogP contribution in [0.15, 0.2) is 30.3 Å². The third kappa shape index (κ3) is 6.10. The lowest BCUT2D eigenvalue weighted by atomic mass is 10.2. The van der Waals surface area contributed by atoms with E-state index in [4.69, 9.17) is 9.57 Å². The average Bonchev–Trinajstić information content (AvgIpc) is 2.24. The van der Waals surface area contributed by atoms with Crippen molar-refractivity contribution >= 4 is 0 Å². The molecule has 0 saturated carbocycles. The fourth-order valence-electron chi connectivity index (χ4n) is 1.02. The molecule has 0 amide bonds. The van der Waals surface area contributed by atoms with Crippen LogP contribution in [-0.2, 0) is 4.84 Å². The fraction of sp³-hybridized carbons (Fsp3) is 0.500. The number of hydroxylamine groups is 1. The van der Waals surface area contributed by atoms with E-state index in [9.17, 15) is 0 Å². The van der Waals surface area contributed by atoms with Crippen molar-refractivity contribution in [3.05, 3.63) is 30.3 Å². The van der Waals surface area contributed by atoms with Crippen LogP contribution >= 0.6 is 0 Å². The summed E-state index contributed by atoms with van der Waals surface area (Å²) in [6.45, 7) is 6.26. The lowest BCUT2D eigenvalue weighted by molar-refractivity contribution is 0.0173. The van der Waals surface area contributed by atoms with Gasteiger partial charge in [-0.15, -0.1) is 0 Å². The standard InChI is InChI=1S/C12H19NO2/c1-11(2)10-13-15-9-8-14-12-6-4-3-5-7-12/h3-7,11,13H,8-10H2,1-2H3. The van der Waals surface area contributed by atoms with Crippen LogP contribution < -0.4 is 10.2 Å². The number of hydrogen-bond acceptors (Lipinski definition) is 3. The summed E-state index contributed by atoms with van der Waals surface area (Å²) in [5.74, 6) is 1.48. The number of para-hydroxylation sites is 1. The molecule has 0 radical (unpaired) electrons. The molecule has 84 valence electrons. The summed E-state index contributed by atoms with van der Waals surface area (Å²) in [7, 11) is 0. The Morgan fingerprint density at radius 1 is 1.13 bits per heavy atom. The molecule has 15 heavy (non-hydrogen) atoms. The third-order valence-electron chi connectivity index (χ3n) is 1.79. The molecule has 1 N–H and O–H groups in total. The monoisotopic (exact) mass is 209 g/mol. The number of nitrogens with one attached hydrogen (secondary N) is 1. The van der Waals surface area contributed by atoms with E-state index in [0.29, 0.717) is 19.1 Å². The first kappa shape index (κ1) is 12.0. The number of ether oxygens (including phenoxy) is 1. The van der Waals surface area contributed by atoms with Gasteiger partial charge in [0, 0.05) is 6.54 Å². The van der Waals surface area contributed by atoms with Gasteiger partial charge in [0.15, 0.2) is 0 Å². The van der Waals surface area contributed by atoms with Crippen molar-refractivity contribution < 1.29 is 9.57 Å². The van der Waals surface area contributed by atoms with Crippen LogP contribution in [0, 0.1) is 5.92 Å². The van der Waals surface area contributed by atoms with Crippen molar-refractivity contribution in [1.82, 2.24) is 5.48 Å². The summed E-state index contributed by atoms with van der Waals surface area (Å²) in [4.78, 5) is 5.19. The maximum absolute atomic E-state index is 5.45. The molecule has 0 aliphatic rings. The van der Waals surface area contributed by atoms with Gasteiger partial charge in [-0.25, -0.2) is 5.48 Å². The van der Waals surface area contributed by atoms with Crippen LogP contribution in [0.3, 0.4) is 0 Å². The van der Waals surface area contributed by atoms with Gasteiger partial charge in [-0.1, -0.05) is 32.0 Å². The zero-order valence-corrected chi connectivity index (χ0v) is 9.40. The molecule has 0 saturated heterocycles. The van der Waals surface area contributed by atoms with Gasteiger partial charge < -0.3 is 4.74 Å². The number of hydrogen-bond donors (Lipinski definition) is 1. The van der Waals surface area contributed by atoms with Gasteiger partial charge in [-0.3, -0.25) is 4.84 Å². The van der Waals surface area contributed by atoms with Crippen LogP contribution in [0.5, 0.6) is 5.75 Å². The lowest BCUT2D eigenvalue weighted by Crippen LogP contribution is -2.22. The number of benzene rings is 1. The Morgan fingerprint density at radius 2 is 1.87 bits per heavy atom. The van der Waals surface area contributed by atoms with Gasteiger partial charge in [-0.05, 0) is 18.1 Å². The Bertz CT molecular complexity index is 249. The molecule has 1 aromatic rings. The molecule has 1 rings (SSSR count). The van der Waals surface area contributed by atoms with Gasteiger partial charge in [-0.2, -0.15) is 0 Å². The largest absolute Gasteiger partial charge is 0.491 e. The van der Waals surface area contributed by atoms with Crippen molar-refractivity contribution in [2.45, 2.75) is 13.8 Å². The lowest BCUT2D eigenvalue weighted by Gasteiger charge is -2.09. The van der Waals surface area contributed by atoms with Crippen molar-refractivity contribution in [2.24, 2.45) is 5.92 Å². The van der Waals surface area contributed by atoms with Crippen LogP contribution in [0.4, 0.5) is 0 Å². The molecule has 0 heterocycles. The minimum absolute atomic E-state index is 0.557. The van der Waals surface area contributed by atoms with Crippen molar-refractivity contribution in [2.75, 3.05) is 19.8 Å². The summed E-state index contributed by atoms with van der Waals surface area (Å²) in [6, 6.07) is 9.73. The highest BCUT2D eigenvalue weighted by molar-refractivity contribution is 5.20. The van der Waals surface area contributed by atoms with E-state index in [-0.39, 0.29) is 0 Å². The van der Waals surface area contributed by atoms with E-state index in [1.54, 1.807) is 0 Å². The van der Waals surface area contributed by atoms with Gasteiger partial charge in [0.1, 0.15) is 19.0 Å². The fourth-order valence-corrected chi connectivity index (χ4v) is 1.02. The molecule has 3 nitrogen and oxygen atoms in total. The Labute approximate surface area is 91.4 Å². The molecule has 0 atom stereocenters. The second-order valence-corrected chi connectivity index (χ2v) is 3.75. The summed E-state index contributed by atoms with van der Waals surface area (Å²) >= 11 is 0. The smallest absolute Gasteiger partial charge is 0.119 e. The summed E-state index contributed by atoms with van der Waals surface area (Å²) in [6.07, 6.45) is 0. The second-order valence-electron chi connectivity index (χ2n) is 3.75. The Hall–Kier alpha value is -1.06. The highest BCUT2D eigenvalue weighted by Crippen LogP contribution is 2.07. The van der Waals surface area contributed by atoms with E-state index in [2.05, 4.69) is 19.3 Å². The molecule has 0 fully saturated rings. The molecular formula is C12H19NO2. The van der Waals surface area contributed by atoms with Crippen molar-refractivity contribution in [3.63, 3.8) is 0 Å². The molecule has 0 bridgehead atoms. The quantitative estimate of drug-likeness (QED) is 0.552. The Morgan fingerprint density at radius 3 is 2.53 bits per heavy atom. The Balaban J connectivity index is 1.98. The molecule has 0 aromatic heterocycles. The minimum Gasteiger partial charge on any atom is -0.491 e. The summed E-state index contributed by atoms with van der Waals surface area (Å²) in [5, 5.41) is 0. The van der Waals surface area contributed by atoms with Gasteiger partial charge in [0.05, 0.1) is 0 Å². The average molecular weight is 209 g/mol. The van der Waals surface area contributed by atoms with E-state index in [1.807, 2.05) is 30.3 Å². The van der Waals surface area contributed by atoms with Gasteiger partial charge >= 0.3 is 0 Å². The van der Waals surface area contributed by atoms with Crippen LogP contribution in [0.2, 0.25) is 0 Å². The maximum atomic E-state index is 5.45. The highest BCUT2D eigenvalue weighted by atomic mass is 16.7. The van der Waals surface area contributed by atoms with E-state index in [1.165, 1.54) is 0 Å². The molecule has 1 aromatic carbocycles. The van der Waals surface area contributed by atoms with E-state index >= 15 is 0 Å². The van der Waals surface area contributed by atoms with Crippen LogP contribution in [-0.4, -0.2) is 19.8 Å². The van der Waals surface area contributed by atoms with Gasteiger partial charge in [0.25, 0.3) is 0 Å². The zero-order valence-electron chi connectivity index (χ0n) is 9.40.